The normalized spacial score (nSPS) is 12.2. The topological polar surface area (TPSA) is 44.4 Å². The molecule has 0 unspecified atom stereocenters. The molecule has 1 aliphatic heterocycles. The second-order valence-corrected chi connectivity index (χ2v) is 9.20. The molecule has 1 amide bonds. The first kappa shape index (κ1) is 21.2. The molecule has 5 aromatic rings. The lowest BCUT2D eigenvalue weighted by molar-refractivity contribution is 0.102. The Morgan fingerprint density at radius 2 is 1.51 bits per heavy atom. The molecule has 1 aliphatic rings. The predicted molar refractivity (Wildman–Crippen MR) is 146 cm³/mol. The van der Waals surface area contributed by atoms with Crippen molar-refractivity contribution in [2.24, 2.45) is 0 Å². The van der Waals surface area contributed by atoms with Crippen LogP contribution < -0.4 is 15.5 Å². The second kappa shape index (κ2) is 9.12. The van der Waals surface area contributed by atoms with Crippen molar-refractivity contribution in [3.8, 4) is 11.1 Å². The number of nitrogens with zero attached hydrogens (tertiary/aromatic N) is 1. The van der Waals surface area contributed by atoms with Crippen LogP contribution in [0, 0.1) is 0 Å². The number of carbonyl (C=O) groups excluding carboxylic acids is 1. The van der Waals surface area contributed by atoms with Crippen molar-refractivity contribution >= 4 is 45.7 Å². The number of nitrogens with one attached hydrogen (secondary N) is 2. The second-order valence-electron chi connectivity index (χ2n) is 8.45. The van der Waals surface area contributed by atoms with Crippen molar-refractivity contribution in [2.75, 3.05) is 15.5 Å². The van der Waals surface area contributed by atoms with Crippen LogP contribution in [-0.4, -0.2) is 5.91 Å². The fourth-order valence-corrected chi connectivity index (χ4v) is 5.26. The number of hydrogen-bond acceptors (Lipinski definition) is 4. The zero-order chi connectivity index (χ0) is 23.6. The Kier molecular flexibility index (Phi) is 5.53. The van der Waals surface area contributed by atoms with Crippen LogP contribution in [0.25, 0.3) is 11.1 Å². The summed E-state index contributed by atoms with van der Waals surface area (Å²) in [6.45, 7) is 0.777. The van der Waals surface area contributed by atoms with Gasteiger partial charge in [0.25, 0.3) is 5.91 Å². The Morgan fingerprint density at radius 1 is 0.771 bits per heavy atom. The SMILES string of the molecule is O=C(Nc1ccc(N2Cc3cscc3Nc3ccccc32)cc1)c1ccccc1-c1ccccc1. The molecule has 35 heavy (non-hydrogen) atoms. The third-order valence-electron chi connectivity index (χ3n) is 6.23. The quantitative estimate of drug-likeness (QED) is 0.277. The van der Waals surface area contributed by atoms with E-state index in [-0.39, 0.29) is 5.91 Å². The van der Waals surface area contributed by atoms with Crippen LogP contribution in [0.1, 0.15) is 15.9 Å². The minimum Gasteiger partial charge on any atom is -0.353 e. The summed E-state index contributed by atoms with van der Waals surface area (Å²) in [5, 5.41) is 11.0. The fraction of sp³-hybridized carbons (Fsp3) is 0.0333. The van der Waals surface area contributed by atoms with E-state index in [1.807, 2.05) is 72.8 Å². The van der Waals surface area contributed by atoms with Gasteiger partial charge in [-0.2, -0.15) is 0 Å². The van der Waals surface area contributed by atoms with E-state index in [0.29, 0.717) is 5.56 Å². The van der Waals surface area contributed by atoms with Gasteiger partial charge >= 0.3 is 0 Å². The molecule has 6 rings (SSSR count). The molecule has 4 nitrogen and oxygen atoms in total. The van der Waals surface area contributed by atoms with Gasteiger partial charge in [0, 0.05) is 27.9 Å². The molecular formula is C30H23N3OS. The molecule has 0 saturated heterocycles. The number of para-hydroxylation sites is 2. The van der Waals surface area contributed by atoms with Gasteiger partial charge in [0.15, 0.2) is 0 Å². The molecular weight excluding hydrogens is 450 g/mol. The predicted octanol–water partition coefficient (Wildman–Crippen LogP) is 8.06. The van der Waals surface area contributed by atoms with Crippen molar-refractivity contribution in [1.29, 1.82) is 0 Å². The van der Waals surface area contributed by atoms with Crippen molar-refractivity contribution < 1.29 is 4.79 Å². The maximum Gasteiger partial charge on any atom is 0.256 e. The first-order valence-electron chi connectivity index (χ1n) is 11.5. The smallest absolute Gasteiger partial charge is 0.256 e. The van der Waals surface area contributed by atoms with Crippen LogP contribution in [-0.2, 0) is 6.54 Å². The van der Waals surface area contributed by atoms with Gasteiger partial charge in [-0.15, -0.1) is 11.3 Å². The van der Waals surface area contributed by atoms with Gasteiger partial charge in [-0.1, -0.05) is 60.7 Å². The Balaban J connectivity index is 1.27. The lowest BCUT2D eigenvalue weighted by Gasteiger charge is -2.25. The van der Waals surface area contributed by atoms with Crippen LogP contribution in [0.15, 0.2) is 114 Å². The standard InChI is InChI=1S/C30H23N3OS/c34-30(26-11-5-4-10-25(26)21-8-2-1-3-9-21)31-23-14-16-24(17-15-23)33-18-22-19-35-20-28(22)32-27-12-6-7-13-29(27)33/h1-17,19-20,32H,18H2,(H,31,34). The molecule has 2 heterocycles. The third-order valence-corrected chi connectivity index (χ3v) is 7.02. The van der Waals surface area contributed by atoms with Crippen molar-refractivity contribution in [3.05, 3.63) is 125 Å². The summed E-state index contributed by atoms with van der Waals surface area (Å²) < 4.78 is 0. The number of thiophene rings is 1. The van der Waals surface area contributed by atoms with E-state index in [2.05, 4.69) is 56.6 Å². The van der Waals surface area contributed by atoms with Crippen molar-refractivity contribution in [1.82, 2.24) is 0 Å². The molecule has 170 valence electrons. The Morgan fingerprint density at radius 3 is 2.37 bits per heavy atom. The molecule has 0 atom stereocenters. The number of anilines is 5. The van der Waals surface area contributed by atoms with Gasteiger partial charge < -0.3 is 15.5 Å². The van der Waals surface area contributed by atoms with Gasteiger partial charge in [0.05, 0.1) is 23.6 Å². The van der Waals surface area contributed by atoms with Gasteiger partial charge in [-0.3, -0.25) is 4.79 Å². The number of rotatable bonds is 4. The molecule has 0 bridgehead atoms. The van der Waals surface area contributed by atoms with Gasteiger partial charge in [-0.25, -0.2) is 0 Å². The number of carbonyl (C=O) groups is 1. The molecule has 0 radical (unpaired) electrons. The lowest BCUT2D eigenvalue weighted by Crippen LogP contribution is -2.16. The Hall–Kier alpha value is -4.35. The zero-order valence-electron chi connectivity index (χ0n) is 18.9. The van der Waals surface area contributed by atoms with Gasteiger partial charge in [0.1, 0.15) is 0 Å². The van der Waals surface area contributed by atoms with Crippen molar-refractivity contribution in [3.63, 3.8) is 0 Å². The van der Waals surface area contributed by atoms with Crippen LogP contribution in [0.2, 0.25) is 0 Å². The maximum atomic E-state index is 13.2. The first-order valence-corrected chi connectivity index (χ1v) is 12.4. The molecule has 0 saturated carbocycles. The molecule has 2 N–H and O–H groups in total. The summed E-state index contributed by atoms with van der Waals surface area (Å²) in [4.78, 5) is 15.5. The van der Waals surface area contributed by atoms with E-state index in [9.17, 15) is 4.79 Å². The van der Waals surface area contributed by atoms with E-state index < -0.39 is 0 Å². The summed E-state index contributed by atoms with van der Waals surface area (Å²) in [6, 6.07) is 34.1. The summed E-state index contributed by atoms with van der Waals surface area (Å²) in [6.07, 6.45) is 0. The Labute approximate surface area is 208 Å². The van der Waals surface area contributed by atoms with Crippen LogP contribution in [0.3, 0.4) is 0 Å². The molecule has 4 aromatic carbocycles. The maximum absolute atomic E-state index is 13.2. The number of benzene rings is 4. The number of fused-ring (bicyclic) bond motifs is 2. The fourth-order valence-electron chi connectivity index (χ4n) is 4.47. The van der Waals surface area contributed by atoms with E-state index >= 15 is 0 Å². The van der Waals surface area contributed by atoms with Gasteiger partial charge in [0.2, 0.25) is 0 Å². The highest BCUT2D eigenvalue weighted by atomic mass is 32.1. The van der Waals surface area contributed by atoms with E-state index in [0.717, 1.165) is 46.1 Å². The molecule has 0 fully saturated rings. The lowest BCUT2D eigenvalue weighted by atomic mass is 9.99. The van der Waals surface area contributed by atoms with Crippen LogP contribution in [0.5, 0.6) is 0 Å². The molecule has 5 heteroatoms. The average molecular weight is 474 g/mol. The average Bonchev–Trinajstić information content (AvgIpc) is 3.28. The molecule has 1 aromatic heterocycles. The van der Waals surface area contributed by atoms with Crippen LogP contribution >= 0.6 is 11.3 Å². The Bertz CT molecular complexity index is 1490. The van der Waals surface area contributed by atoms with Gasteiger partial charge in [-0.05, 0) is 59.0 Å². The van der Waals surface area contributed by atoms with E-state index in [1.54, 1.807) is 11.3 Å². The van der Waals surface area contributed by atoms with E-state index in [1.165, 1.54) is 5.56 Å². The van der Waals surface area contributed by atoms with E-state index in [4.69, 9.17) is 0 Å². The highest BCUT2D eigenvalue weighted by molar-refractivity contribution is 7.08. The molecule has 0 aliphatic carbocycles. The number of hydrogen-bond donors (Lipinski definition) is 2. The first-order chi connectivity index (χ1) is 17.3. The summed E-state index contributed by atoms with van der Waals surface area (Å²) >= 11 is 1.71. The summed E-state index contributed by atoms with van der Waals surface area (Å²) in [7, 11) is 0. The zero-order valence-corrected chi connectivity index (χ0v) is 19.8. The van der Waals surface area contributed by atoms with Crippen LogP contribution in [0.4, 0.5) is 28.4 Å². The highest BCUT2D eigenvalue weighted by Crippen LogP contribution is 2.41. The summed E-state index contributed by atoms with van der Waals surface area (Å²) in [5.74, 6) is -0.121. The third kappa shape index (κ3) is 4.18. The number of amides is 1. The minimum atomic E-state index is -0.121. The largest absolute Gasteiger partial charge is 0.353 e. The monoisotopic (exact) mass is 473 g/mol. The van der Waals surface area contributed by atoms with Crippen molar-refractivity contribution in [2.45, 2.75) is 6.54 Å². The minimum absolute atomic E-state index is 0.121. The molecule has 0 spiro atoms. The summed E-state index contributed by atoms with van der Waals surface area (Å²) in [5.41, 5.74) is 9.06. The highest BCUT2D eigenvalue weighted by Gasteiger charge is 2.21.